The summed E-state index contributed by atoms with van der Waals surface area (Å²) >= 11 is 0. The van der Waals surface area contributed by atoms with Gasteiger partial charge in [0.1, 0.15) is 5.82 Å². The molecule has 0 fully saturated rings. The second-order valence-electron chi connectivity index (χ2n) is 7.11. The van der Waals surface area contributed by atoms with Gasteiger partial charge in [0.25, 0.3) is 5.56 Å². The molecular weight excluding hydrogens is 342 g/mol. The van der Waals surface area contributed by atoms with E-state index < -0.39 is 0 Å². The first kappa shape index (κ1) is 20.9. The normalized spacial score (nSPS) is 12.4. The van der Waals surface area contributed by atoms with Crippen LogP contribution in [0.3, 0.4) is 0 Å². The molecule has 1 aromatic carbocycles. The lowest BCUT2D eigenvalue weighted by Crippen LogP contribution is -2.46. The highest BCUT2D eigenvalue weighted by molar-refractivity contribution is 5.78. The smallest absolute Gasteiger partial charge is 0.318 e. The molecule has 0 aliphatic rings. The lowest BCUT2D eigenvalue weighted by molar-refractivity contribution is 0.167. The molecule has 0 spiro atoms. The molecule has 1 aromatic heterocycles. The Morgan fingerprint density at radius 3 is 2.63 bits per heavy atom. The predicted molar refractivity (Wildman–Crippen MR) is 109 cm³/mol. The highest BCUT2D eigenvalue weighted by atomic mass is 16.2. The molecule has 1 heterocycles. The van der Waals surface area contributed by atoms with Gasteiger partial charge in [-0.15, -0.1) is 0 Å². The van der Waals surface area contributed by atoms with Crippen molar-refractivity contribution in [3.63, 3.8) is 0 Å². The number of nitrogens with one attached hydrogen (secondary N) is 1. The van der Waals surface area contributed by atoms with E-state index in [1.165, 1.54) is 0 Å². The molecule has 7 heteroatoms. The van der Waals surface area contributed by atoms with Crippen molar-refractivity contribution in [2.75, 3.05) is 33.7 Å². The molecule has 1 N–H and O–H groups in total. The van der Waals surface area contributed by atoms with Gasteiger partial charge in [0.2, 0.25) is 0 Å². The predicted octanol–water partition coefficient (Wildman–Crippen LogP) is 2.37. The van der Waals surface area contributed by atoms with Crippen LogP contribution in [0.1, 0.15) is 38.6 Å². The number of fused-ring (bicyclic) bond motifs is 1. The third-order valence-electron chi connectivity index (χ3n) is 4.71. The van der Waals surface area contributed by atoms with Crippen LogP contribution < -0.4 is 10.9 Å². The molecule has 0 bridgehead atoms. The Morgan fingerprint density at radius 2 is 1.96 bits per heavy atom. The molecule has 0 aliphatic carbocycles. The number of carbonyl (C=O) groups excluding carboxylic acids is 1. The van der Waals surface area contributed by atoms with Gasteiger partial charge >= 0.3 is 6.03 Å². The van der Waals surface area contributed by atoms with E-state index in [-0.39, 0.29) is 17.6 Å². The second kappa shape index (κ2) is 9.50. The summed E-state index contributed by atoms with van der Waals surface area (Å²) < 4.78 is 1.55. The van der Waals surface area contributed by atoms with Crippen LogP contribution in [0.25, 0.3) is 10.9 Å². The van der Waals surface area contributed by atoms with Gasteiger partial charge in [-0.2, -0.15) is 0 Å². The third kappa shape index (κ3) is 5.07. The van der Waals surface area contributed by atoms with E-state index in [1.807, 2.05) is 44.1 Å². The number of para-hydroxylation sites is 1. The summed E-state index contributed by atoms with van der Waals surface area (Å²) in [5, 5.41) is 3.57. The summed E-state index contributed by atoms with van der Waals surface area (Å²) in [5.41, 5.74) is 0.558. The minimum atomic E-state index is -0.325. The van der Waals surface area contributed by atoms with Gasteiger partial charge in [0, 0.05) is 26.7 Å². The van der Waals surface area contributed by atoms with Gasteiger partial charge in [-0.1, -0.05) is 25.5 Å². The number of amides is 2. The highest BCUT2D eigenvalue weighted by Crippen LogP contribution is 2.19. The monoisotopic (exact) mass is 373 g/mol. The van der Waals surface area contributed by atoms with Crippen molar-refractivity contribution in [3.8, 4) is 0 Å². The summed E-state index contributed by atoms with van der Waals surface area (Å²) in [6, 6.07) is 6.86. The Morgan fingerprint density at radius 1 is 1.26 bits per heavy atom. The summed E-state index contributed by atoms with van der Waals surface area (Å²) in [7, 11) is 5.66. The topological polar surface area (TPSA) is 70.5 Å². The zero-order valence-electron chi connectivity index (χ0n) is 17.0. The number of urea groups is 1. The Labute approximate surface area is 161 Å². The lowest BCUT2D eigenvalue weighted by Gasteiger charge is -2.31. The molecule has 0 aliphatic heterocycles. The quantitative estimate of drug-likeness (QED) is 0.721. The van der Waals surface area contributed by atoms with E-state index in [0.717, 1.165) is 19.4 Å². The van der Waals surface area contributed by atoms with Crippen molar-refractivity contribution >= 4 is 16.9 Å². The van der Waals surface area contributed by atoms with Gasteiger partial charge < -0.3 is 15.1 Å². The number of carbonyl (C=O) groups is 1. The van der Waals surface area contributed by atoms with Crippen molar-refractivity contribution in [2.45, 2.75) is 32.7 Å². The summed E-state index contributed by atoms with van der Waals surface area (Å²) in [6.45, 7) is 5.94. The number of rotatable bonds is 8. The fraction of sp³-hybridized carbons (Fsp3) is 0.550. The van der Waals surface area contributed by atoms with Crippen molar-refractivity contribution in [1.82, 2.24) is 24.7 Å². The van der Waals surface area contributed by atoms with Crippen LogP contribution in [-0.4, -0.2) is 59.1 Å². The Kier molecular flexibility index (Phi) is 7.36. The van der Waals surface area contributed by atoms with E-state index in [2.05, 4.69) is 12.2 Å². The maximum Gasteiger partial charge on any atom is 0.318 e. The van der Waals surface area contributed by atoms with Crippen molar-refractivity contribution in [2.24, 2.45) is 7.05 Å². The van der Waals surface area contributed by atoms with Gasteiger partial charge in [0.05, 0.1) is 16.9 Å². The maximum absolute atomic E-state index is 12.8. The van der Waals surface area contributed by atoms with E-state index in [4.69, 9.17) is 4.98 Å². The number of hydrogen-bond donors (Lipinski definition) is 1. The molecule has 7 nitrogen and oxygen atoms in total. The molecule has 0 saturated carbocycles. The van der Waals surface area contributed by atoms with Gasteiger partial charge in [-0.25, -0.2) is 9.78 Å². The van der Waals surface area contributed by atoms with Crippen LogP contribution in [0.2, 0.25) is 0 Å². The number of aromatic nitrogens is 2. The van der Waals surface area contributed by atoms with E-state index in [9.17, 15) is 9.59 Å². The van der Waals surface area contributed by atoms with Crippen LogP contribution >= 0.6 is 0 Å². The molecule has 0 radical (unpaired) electrons. The molecule has 27 heavy (non-hydrogen) atoms. The van der Waals surface area contributed by atoms with E-state index in [1.54, 1.807) is 22.6 Å². The standard InChI is InChI=1S/C20H31N5O2/c1-6-7-12-21-20(27)25(14-13-23(3)4)15(2)18-22-17-11-9-8-10-16(17)19(26)24(18)5/h8-11,15H,6-7,12-14H2,1-5H3,(H,21,27). The van der Waals surface area contributed by atoms with Crippen LogP contribution in [0, 0.1) is 0 Å². The van der Waals surface area contributed by atoms with Crippen LogP contribution in [-0.2, 0) is 7.05 Å². The van der Waals surface area contributed by atoms with E-state index >= 15 is 0 Å². The average molecular weight is 374 g/mol. The number of unbranched alkanes of at least 4 members (excludes halogenated alkanes) is 1. The van der Waals surface area contributed by atoms with Gasteiger partial charge in [0.15, 0.2) is 0 Å². The Balaban J connectivity index is 2.37. The average Bonchev–Trinajstić information content (AvgIpc) is 2.64. The fourth-order valence-electron chi connectivity index (χ4n) is 3.00. The summed E-state index contributed by atoms with van der Waals surface area (Å²) in [4.78, 5) is 34.0. The molecular formula is C20H31N5O2. The first-order chi connectivity index (χ1) is 12.9. The highest BCUT2D eigenvalue weighted by Gasteiger charge is 2.25. The molecule has 2 amide bonds. The summed E-state index contributed by atoms with van der Waals surface area (Å²) in [5.74, 6) is 0.586. The van der Waals surface area contributed by atoms with Crippen molar-refractivity contribution < 1.29 is 4.79 Å². The first-order valence-corrected chi connectivity index (χ1v) is 9.51. The molecule has 148 valence electrons. The SMILES string of the molecule is CCCCNC(=O)N(CCN(C)C)C(C)c1nc2ccccc2c(=O)n1C. The largest absolute Gasteiger partial charge is 0.338 e. The van der Waals surface area contributed by atoms with Crippen molar-refractivity contribution in [3.05, 3.63) is 40.4 Å². The maximum atomic E-state index is 12.8. The van der Waals surface area contributed by atoms with Gasteiger partial charge in [-0.3, -0.25) is 9.36 Å². The number of likely N-dealkylation sites (N-methyl/N-ethyl adjacent to an activating group) is 1. The first-order valence-electron chi connectivity index (χ1n) is 9.51. The number of nitrogens with zero attached hydrogens (tertiary/aromatic N) is 4. The van der Waals surface area contributed by atoms with Crippen molar-refractivity contribution in [1.29, 1.82) is 0 Å². The minimum absolute atomic E-state index is 0.0959. The number of hydrogen-bond acceptors (Lipinski definition) is 4. The van der Waals surface area contributed by atoms with Crippen LogP contribution in [0.4, 0.5) is 4.79 Å². The van der Waals surface area contributed by atoms with Gasteiger partial charge in [-0.05, 0) is 39.6 Å². The fourth-order valence-corrected chi connectivity index (χ4v) is 3.00. The molecule has 1 unspecified atom stereocenters. The lowest BCUT2D eigenvalue weighted by atomic mass is 10.2. The summed E-state index contributed by atoms with van der Waals surface area (Å²) in [6.07, 6.45) is 1.96. The molecule has 1 atom stereocenters. The third-order valence-corrected chi connectivity index (χ3v) is 4.71. The zero-order chi connectivity index (χ0) is 20.0. The zero-order valence-corrected chi connectivity index (χ0v) is 17.0. The van der Waals surface area contributed by atoms with E-state index in [0.29, 0.717) is 29.8 Å². The molecule has 2 rings (SSSR count). The number of benzene rings is 1. The molecule has 2 aromatic rings. The van der Waals surface area contributed by atoms with Crippen LogP contribution in [0.15, 0.2) is 29.1 Å². The second-order valence-corrected chi connectivity index (χ2v) is 7.11. The minimum Gasteiger partial charge on any atom is -0.338 e. The van der Waals surface area contributed by atoms with Crippen LogP contribution in [0.5, 0.6) is 0 Å². The molecule has 0 saturated heterocycles. The Hall–Kier alpha value is -2.41. The Bertz CT molecular complexity index is 831.